The zero-order valence-electron chi connectivity index (χ0n) is 12.2. The van der Waals surface area contributed by atoms with Gasteiger partial charge in [-0.1, -0.05) is 24.3 Å². The van der Waals surface area contributed by atoms with Crippen LogP contribution in [0.2, 0.25) is 0 Å². The maximum atomic E-state index is 11.9. The minimum Gasteiger partial charge on any atom is -0.497 e. The predicted molar refractivity (Wildman–Crippen MR) is 83.9 cm³/mol. The molecule has 0 radical (unpaired) electrons. The van der Waals surface area contributed by atoms with Gasteiger partial charge in [-0.15, -0.1) is 0 Å². The number of carbonyl (C=O) groups is 1. The largest absolute Gasteiger partial charge is 0.497 e. The van der Waals surface area contributed by atoms with Crippen LogP contribution in [0.25, 0.3) is 10.9 Å². The van der Waals surface area contributed by atoms with Gasteiger partial charge in [0.2, 0.25) is 0 Å². The van der Waals surface area contributed by atoms with Crippen molar-refractivity contribution in [2.45, 2.75) is 6.61 Å². The van der Waals surface area contributed by atoms with E-state index < -0.39 is 0 Å². The number of nitrogens with zero attached hydrogens (tertiary/aromatic N) is 1. The van der Waals surface area contributed by atoms with Gasteiger partial charge in [0.1, 0.15) is 12.4 Å². The third-order valence-electron chi connectivity index (χ3n) is 3.31. The van der Waals surface area contributed by atoms with Gasteiger partial charge in [-0.2, -0.15) is 0 Å². The van der Waals surface area contributed by atoms with E-state index in [2.05, 4.69) is 4.98 Å². The summed E-state index contributed by atoms with van der Waals surface area (Å²) in [4.78, 5) is 16.4. The van der Waals surface area contributed by atoms with Crippen LogP contribution in [0.3, 0.4) is 0 Å². The van der Waals surface area contributed by atoms with Crippen molar-refractivity contribution < 1.29 is 14.3 Å². The van der Waals surface area contributed by atoms with E-state index in [0.717, 1.165) is 16.7 Å². The van der Waals surface area contributed by atoms with Gasteiger partial charge >= 0.3 is 5.97 Å². The number of benzene rings is 2. The van der Waals surface area contributed by atoms with Crippen molar-refractivity contribution in [3.63, 3.8) is 0 Å². The highest BCUT2D eigenvalue weighted by Crippen LogP contribution is 2.19. The highest BCUT2D eigenvalue weighted by Gasteiger charge is 2.07. The van der Waals surface area contributed by atoms with Crippen molar-refractivity contribution in [1.82, 2.24) is 4.98 Å². The number of rotatable bonds is 4. The molecule has 4 heteroatoms. The monoisotopic (exact) mass is 293 g/mol. The molecule has 3 rings (SSSR count). The summed E-state index contributed by atoms with van der Waals surface area (Å²) in [6.07, 6.45) is 0. The number of hydrogen-bond donors (Lipinski definition) is 0. The van der Waals surface area contributed by atoms with Crippen LogP contribution in [-0.4, -0.2) is 18.1 Å². The molecule has 0 atom stereocenters. The SMILES string of the molecule is COc1ccc2nc(COC(=O)c3ccccc3)ccc2c1. The van der Waals surface area contributed by atoms with Crippen LogP contribution in [-0.2, 0) is 11.3 Å². The summed E-state index contributed by atoms with van der Waals surface area (Å²) in [5.41, 5.74) is 2.09. The standard InChI is InChI=1S/C18H15NO3/c1-21-16-9-10-17-14(11-16)7-8-15(19-17)12-22-18(20)13-5-3-2-4-6-13/h2-11H,12H2,1H3. The van der Waals surface area contributed by atoms with E-state index in [4.69, 9.17) is 9.47 Å². The molecule has 0 N–H and O–H groups in total. The third-order valence-corrected chi connectivity index (χ3v) is 3.31. The van der Waals surface area contributed by atoms with Crippen LogP contribution in [0.15, 0.2) is 60.7 Å². The van der Waals surface area contributed by atoms with Gasteiger partial charge < -0.3 is 9.47 Å². The Morgan fingerprint density at radius 2 is 1.86 bits per heavy atom. The Bertz CT molecular complexity index is 800. The Morgan fingerprint density at radius 1 is 1.05 bits per heavy atom. The van der Waals surface area contributed by atoms with Crippen LogP contribution in [0, 0.1) is 0 Å². The molecule has 0 aliphatic rings. The van der Waals surface area contributed by atoms with E-state index in [9.17, 15) is 4.79 Å². The van der Waals surface area contributed by atoms with Gasteiger partial charge in [-0.25, -0.2) is 9.78 Å². The lowest BCUT2D eigenvalue weighted by atomic mass is 10.2. The molecule has 0 aliphatic carbocycles. The quantitative estimate of drug-likeness (QED) is 0.690. The second-order valence-corrected chi connectivity index (χ2v) is 4.80. The van der Waals surface area contributed by atoms with Crippen molar-refractivity contribution in [2.24, 2.45) is 0 Å². The second kappa shape index (κ2) is 6.26. The van der Waals surface area contributed by atoms with Crippen molar-refractivity contribution in [1.29, 1.82) is 0 Å². The molecule has 0 amide bonds. The van der Waals surface area contributed by atoms with E-state index in [-0.39, 0.29) is 12.6 Å². The first-order chi connectivity index (χ1) is 10.8. The predicted octanol–water partition coefficient (Wildman–Crippen LogP) is 3.60. The average Bonchev–Trinajstić information content (AvgIpc) is 2.59. The molecule has 0 spiro atoms. The molecule has 0 fully saturated rings. The molecule has 0 saturated carbocycles. The fourth-order valence-corrected chi connectivity index (χ4v) is 2.15. The molecule has 0 saturated heterocycles. The molecule has 0 bridgehead atoms. The minimum absolute atomic E-state index is 0.149. The fourth-order valence-electron chi connectivity index (χ4n) is 2.15. The maximum Gasteiger partial charge on any atom is 0.338 e. The number of methoxy groups -OCH3 is 1. The molecule has 110 valence electrons. The Morgan fingerprint density at radius 3 is 2.64 bits per heavy atom. The molecule has 1 heterocycles. The number of carbonyl (C=O) groups excluding carboxylic acids is 1. The lowest BCUT2D eigenvalue weighted by Crippen LogP contribution is -2.05. The molecule has 1 aromatic heterocycles. The number of ether oxygens (including phenoxy) is 2. The zero-order valence-corrected chi connectivity index (χ0v) is 12.2. The zero-order chi connectivity index (χ0) is 15.4. The number of pyridine rings is 1. The number of esters is 1. The van der Waals surface area contributed by atoms with E-state index >= 15 is 0 Å². The summed E-state index contributed by atoms with van der Waals surface area (Å²) >= 11 is 0. The van der Waals surface area contributed by atoms with Gasteiger partial charge in [-0.3, -0.25) is 0 Å². The molecule has 4 nitrogen and oxygen atoms in total. The lowest BCUT2D eigenvalue weighted by molar-refractivity contribution is 0.0468. The molecular weight excluding hydrogens is 278 g/mol. The van der Waals surface area contributed by atoms with Crippen LogP contribution in [0.1, 0.15) is 16.1 Å². The summed E-state index contributed by atoms with van der Waals surface area (Å²) in [7, 11) is 1.63. The second-order valence-electron chi connectivity index (χ2n) is 4.80. The Kier molecular flexibility index (Phi) is 4.01. The number of fused-ring (bicyclic) bond motifs is 1. The van der Waals surface area contributed by atoms with Gasteiger partial charge in [0.05, 0.1) is 23.9 Å². The minimum atomic E-state index is -0.350. The Balaban J connectivity index is 1.73. The smallest absolute Gasteiger partial charge is 0.338 e. The van der Waals surface area contributed by atoms with Gasteiger partial charge in [0, 0.05) is 5.39 Å². The lowest BCUT2D eigenvalue weighted by Gasteiger charge is -2.06. The normalized spacial score (nSPS) is 10.4. The van der Waals surface area contributed by atoms with E-state index in [1.165, 1.54) is 0 Å². The summed E-state index contributed by atoms with van der Waals surface area (Å²) < 4.78 is 10.5. The van der Waals surface area contributed by atoms with Crippen molar-refractivity contribution >= 4 is 16.9 Å². The Labute approximate surface area is 128 Å². The summed E-state index contributed by atoms with van der Waals surface area (Å²) in [6, 6.07) is 18.4. The first kappa shape index (κ1) is 14.1. The van der Waals surface area contributed by atoms with Crippen LogP contribution in [0.5, 0.6) is 5.75 Å². The van der Waals surface area contributed by atoms with Crippen LogP contribution >= 0.6 is 0 Å². The molecule has 0 aliphatic heterocycles. The van der Waals surface area contributed by atoms with E-state index in [1.807, 2.05) is 36.4 Å². The summed E-state index contributed by atoms with van der Waals surface area (Å²) in [5, 5.41) is 0.984. The highest BCUT2D eigenvalue weighted by atomic mass is 16.5. The molecule has 2 aromatic carbocycles. The summed E-state index contributed by atoms with van der Waals surface area (Å²) in [6.45, 7) is 0.149. The fraction of sp³-hybridized carbons (Fsp3) is 0.111. The van der Waals surface area contributed by atoms with E-state index in [1.54, 1.807) is 31.4 Å². The van der Waals surface area contributed by atoms with Crippen molar-refractivity contribution in [2.75, 3.05) is 7.11 Å². The van der Waals surface area contributed by atoms with Gasteiger partial charge in [0.25, 0.3) is 0 Å². The first-order valence-corrected chi connectivity index (χ1v) is 6.92. The number of aromatic nitrogens is 1. The van der Waals surface area contributed by atoms with Crippen molar-refractivity contribution in [3.8, 4) is 5.75 Å². The first-order valence-electron chi connectivity index (χ1n) is 6.92. The average molecular weight is 293 g/mol. The van der Waals surface area contributed by atoms with E-state index in [0.29, 0.717) is 11.3 Å². The number of hydrogen-bond acceptors (Lipinski definition) is 4. The molecule has 3 aromatic rings. The highest BCUT2D eigenvalue weighted by molar-refractivity contribution is 5.89. The van der Waals surface area contributed by atoms with Gasteiger partial charge in [0.15, 0.2) is 0 Å². The maximum absolute atomic E-state index is 11.9. The molecule has 0 unspecified atom stereocenters. The molecule has 22 heavy (non-hydrogen) atoms. The molecular formula is C18H15NO3. The van der Waals surface area contributed by atoms with Crippen LogP contribution < -0.4 is 4.74 Å². The van der Waals surface area contributed by atoms with Crippen LogP contribution in [0.4, 0.5) is 0 Å². The topological polar surface area (TPSA) is 48.4 Å². The van der Waals surface area contributed by atoms with Gasteiger partial charge in [-0.05, 0) is 36.4 Å². The van der Waals surface area contributed by atoms with Crippen molar-refractivity contribution in [3.05, 3.63) is 71.9 Å². The third kappa shape index (κ3) is 3.06. The Hall–Kier alpha value is -2.88. The summed E-state index contributed by atoms with van der Waals surface area (Å²) in [5.74, 6) is 0.440.